The topological polar surface area (TPSA) is 34.9 Å². The second-order valence-corrected chi connectivity index (χ2v) is 6.32. The molecule has 4 unspecified atom stereocenters. The summed E-state index contributed by atoms with van der Waals surface area (Å²) in [6, 6.07) is 1.91. The Morgan fingerprint density at radius 3 is 2.78 bits per heavy atom. The molecular formula is C15H20N2O. The van der Waals surface area contributed by atoms with E-state index in [1.54, 1.807) is 6.20 Å². The molecule has 0 N–H and O–H groups in total. The van der Waals surface area contributed by atoms with Crippen LogP contribution >= 0.6 is 0 Å². The minimum atomic E-state index is 0.351. The predicted molar refractivity (Wildman–Crippen MR) is 68.1 cm³/mol. The van der Waals surface area contributed by atoms with Crippen molar-refractivity contribution in [1.82, 2.24) is 9.78 Å². The lowest BCUT2D eigenvalue weighted by Gasteiger charge is -2.09. The van der Waals surface area contributed by atoms with Crippen LogP contribution in [0.1, 0.15) is 43.1 Å². The van der Waals surface area contributed by atoms with Gasteiger partial charge in [0.15, 0.2) is 5.78 Å². The lowest BCUT2D eigenvalue weighted by Crippen LogP contribution is -2.15. The summed E-state index contributed by atoms with van der Waals surface area (Å²) in [5.74, 6) is 3.95. The summed E-state index contributed by atoms with van der Waals surface area (Å²) in [7, 11) is 0. The van der Waals surface area contributed by atoms with E-state index in [1.165, 1.54) is 19.3 Å². The number of carbonyl (C=O) groups excluding carboxylic acids is 1. The highest BCUT2D eigenvalue weighted by atomic mass is 16.1. The first-order valence-corrected chi connectivity index (χ1v) is 7.37. The molecule has 1 aromatic rings. The fraction of sp³-hybridized carbons (Fsp3) is 0.733. The molecular weight excluding hydrogens is 224 g/mol. The maximum absolute atomic E-state index is 12.6. The van der Waals surface area contributed by atoms with Crippen molar-refractivity contribution in [3.05, 3.63) is 18.0 Å². The van der Waals surface area contributed by atoms with Crippen molar-refractivity contribution in [3.8, 4) is 0 Å². The molecule has 18 heavy (non-hydrogen) atoms. The van der Waals surface area contributed by atoms with Crippen LogP contribution in [-0.2, 0) is 6.54 Å². The molecule has 3 fully saturated rings. The average Bonchev–Trinajstić information content (AvgIpc) is 2.75. The molecule has 3 aliphatic rings. The van der Waals surface area contributed by atoms with Gasteiger partial charge in [0.05, 0.1) is 0 Å². The molecule has 0 saturated heterocycles. The zero-order valence-electron chi connectivity index (χ0n) is 10.9. The standard InChI is InChI=1S/C15H20N2O/c1-2-7-17-11(5-6-16-17)15(18)14-12-9-3-4-10(8-9)13(12)14/h5-6,9-10,12-14H,2-4,7-8H2,1H3. The van der Waals surface area contributed by atoms with Gasteiger partial charge in [-0.2, -0.15) is 5.10 Å². The van der Waals surface area contributed by atoms with Crippen molar-refractivity contribution in [1.29, 1.82) is 0 Å². The van der Waals surface area contributed by atoms with Crippen molar-refractivity contribution in [2.45, 2.75) is 39.2 Å². The monoisotopic (exact) mass is 244 g/mol. The number of hydrogen-bond acceptors (Lipinski definition) is 2. The molecule has 1 aromatic heterocycles. The minimum Gasteiger partial charge on any atom is -0.292 e. The smallest absolute Gasteiger partial charge is 0.184 e. The van der Waals surface area contributed by atoms with Gasteiger partial charge in [0.2, 0.25) is 0 Å². The summed E-state index contributed by atoms with van der Waals surface area (Å²) in [6.45, 7) is 2.99. The molecule has 3 heteroatoms. The van der Waals surface area contributed by atoms with Crippen molar-refractivity contribution in [2.75, 3.05) is 0 Å². The first-order chi connectivity index (χ1) is 8.81. The van der Waals surface area contributed by atoms with E-state index >= 15 is 0 Å². The molecule has 4 rings (SSSR count). The van der Waals surface area contributed by atoms with Gasteiger partial charge in [0, 0.05) is 18.7 Å². The lowest BCUT2D eigenvalue weighted by atomic mass is 9.98. The van der Waals surface area contributed by atoms with Crippen LogP contribution in [0.15, 0.2) is 12.3 Å². The van der Waals surface area contributed by atoms with Crippen molar-refractivity contribution < 1.29 is 4.79 Å². The van der Waals surface area contributed by atoms with E-state index in [9.17, 15) is 4.79 Å². The zero-order valence-corrected chi connectivity index (χ0v) is 10.9. The molecule has 0 amide bonds. The van der Waals surface area contributed by atoms with Crippen molar-refractivity contribution in [3.63, 3.8) is 0 Å². The van der Waals surface area contributed by atoms with E-state index in [-0.39, 0.29) is 0 Å². The Balaban J connectivity index is 1.56. The van der Waals surface area contributed by atoms with Crippen LogP contribution in [0.25, 0.3) is 0 Å². The molecule has 2 bridgehead atoms. The third kappa shape index (κ3) is 1.30. The lowest BCUT2D eigenvalue weighted by molar-refractivity contribution is 0.0933. The van der Waals surface area contributed by atoms with Gasteiger partial charge in [0.25, 0.3) is 0 Å². The van der Waals surface area contributed by atoms with Crippen molar-refractivity contribution in [2.24, 2.45) is 29.6 Å². The summed E-state index contributed by atoms with van der Waals surface area (Å²) in [6.07, 6.45) is 6.97. The van der Waals surface area contributed by atoms with Crippen LogP contribution in [0.4, 0.5) is 0 Å². The van der Waals surface area contributed by atoms with Crippen molar-refractivity contribution >= 4 is 5.78 Å². The van der Waals surface area contributed by atoms with Gasteiger partial charge in [-0.3, -0.25) is 9.48 Å². The Hall–Kier alpha value is -1.12. The number of aromatic nitrogens is 2. The second kappa shape index (κ2) is 3.69. The van der Waals surface area contributed by atoms with Gasteiger partial charge >= 0.3 is 0 Å². The highest BCUT2D eigenvalue weighted by Crippen LogP contribution is 2.69. The number of rotatable bonds is 4. The van der Waals surface area contributed by atoms with Crippen LogP contribution in [0, 0.1) is 29.6 Å². The molecule has 3 nitrogen and oxygen atoms in total. The summed E-state index contributed by atoms with van der Waals surface area (Å²) in [5, 5.41) is 4.28. The van der Waals surface area contributed by atoms with Gasteiger partial charge in [-0.1, -0.05) is 6.92 Å². The van der Waals surface area contributed by atoms with Gasteiger partial charge in [0.1, 0.15) is 5.69 Å². The molecule has 3 aliphatic carbocycles. The molecule has 96 valence electrons. The van der Waals surface area contributed by atoms with Gasteiger partial charge in [-0.05, 0) is 55.4 Å². The fourth-order valence-corrected chi connectivity index (χ4v) is 4.78. The van der Waals surface area contributed by atoms with E-state index in [2.05, 4.69) is 12.0 Å². The van der Waals surface area contributed by atoms with Crippen LogP contribution < -0.4 is 0 Å². The predicted octanol–water partition coefficient (Wildman–Crippen LogP) is 2.77. The molecule has 1 heterocycles. The van der Waals surface area contributed by atoms with E-state index in [0.29, 0.717) is 11.7 Å². The molecule has 0 spiro atoms. The summed E-state index contributed by atoms with van der Waals surface area (Å²) >= 11 is 0. The fourth-order valence-electron chi connectivity index (χ4n) is 4.78. The first-order valence-electron chi connectivity index (χ1n) is 7.37. The number of carbonyl (C=O) groups is 1. The Morgan fingerprint density at radius 2 is 2.11 bits per heavy atom. The largest absolute Gasteiger partial charge is 0.292 e. The maximum atomic E-state index is 12.6. The molecule has 0 radical (unpaired) electrons. The van der Waals surface area contributed by atoms with Crippen LogP contribution in [-0.4, -0.2) is 15.6 Å². The maximum Gasteiger partial charge on any atom is 0.184 e. The number of hydrogen-bond donors (Lipinski definition) is 0. The quantitative estimate of drug-likeness (QED) is 0.763. The number of ketones is 1. The molecule has 0 aromatic carbocycles. The zero-order chi connectivity index (χ0) is 12.3. The Kier molecular flexibility index (Phi) is 2.21. The molecule has 4 atom stereocenters. The van der Waals surface area contributed by atoms with E-state index in [0.717, 1.165) is 42.3 Å². The number of aryl methyl sites for hydroxylation is 1. The summed E-state index contributed by atoms with van der Waals surface area (Å²) in [4.78, 5) is 12.6. The minimum absolute atomic E-state index is 0.351. The van der Waals surface area contributed by atoms with Gasteiger partial charge in [-0.25, -0.2) is 0 Å². The van der Waals surface area contributed by atoms with Gasteiger partial charge in [-0.15, -0.1) is 0 Å². The van der Waals surface area contributed by atoms with Crippen LogP contribution in [0.3, 0.4) is 0 Å². The Labute approximate surface area is 108 Å². The van der Waals surface area contributed by atoms with Gasteiger partial charge < -0.3 is 0 Å². The molecule has 0 aliphatic heterocycles. The third-order valence-electron chi connectivity index (χ3n) is 5.44. The summed E-state index contributed by atoms with van der Waals surface area (Å²) in [5.41, 5.74) is 0.857. The Bertz CT molecular complexity index is 476. The summed E-state index contributed by atoms with van der Waals surface area (Å²) < 4.78 is 1.90. The third-order valence-corrected chi connectivity index (χ3v) is 5.44. The number of Topliss-reactive ketones (excluding diaryl/α,β-unsaturated/α-hetero) is 1. The van der Waals surface area contributed by atoms with Crippen LogP contribution in [0.2, 0.25) is 0 Å². The number of fused-ring (bicyclic) bond motifs is 5. The van der Waals surface area contributed by atoms with Crippen LogP contribution in [0.5, 0.6) is 0 Å². The molecule has 3 saturated carbocycles. The van der Waals surface area contributed by atoms with E-state index in [4.69, 9.17) is 0 Å². The average molecular weight is 244 g/mol. The SMILES string of the molecule is CCCn1nccc1C(=O)C1C2C3CCC(C3)C12. The number of nitrogens with zero attached hydrogens (tertiary/aromatic N) is 2. The van der Waals surface area contributed by atoms with E-state index < -0.39 is 0 Å². The second-order valence-electron chi connectivity index (χ2n) is 6.32. The van der Waals surface area contributed by atoms with E-state index in [1.807, 2.05) is 10.7 Å². The first kappa shape index (κ1) is 10.8. The highest BCUT2D eigenvalue weighted by molar-refractivity contribution is 5.98. The normalized spacial score (nSPS) is 39.9. The Morgan fingerprint density at radius 1 is 1.39 bits per heavy atom. The highest BCUT2D eigenvalue weighted by Gasteiger charge is 2.67.